The molecule has 0 heterocycles. The molecule has 0 aliphatic heterocycles. The van der Waals surface area contributed by atoms with E-state index in [0.29, 0.717) is 5.92 Å². The summed E-state index contributed by atoms with van der Waals surface area (Å²) in [7, 11) is 0. The van der Waals surface area contributed by atoms with Gasteiger partial charge in [-0.3, -0.25) is 0 Å². The summed E-state index contributed by atoms with van der Waals surface area (Å²) in [6, 6.07) is 8.82. The monoisotopic (exact) mass is 224 g/mol. The Morgan fingerprint density at radius 2 is 1.47 bits per heavy atom. The average Bonchev–Trinajstić information content (AvgIpc) is 2.15. The van der Waals surface area contributed by atoms with Gasteiger partial charge in [-0.15, -0.1) is 11.6 Å². The molecule has 0 aromatic heterocycles. The highest BCUT2D eigenvalue weighted by Crippen LogP contribution is 2.27. The molecule has 1 aromatic carbocycles. The van der Waals surface area contributed by atoms with Crippen molar-refractivity contribution in [2.75, 3.05) is 0 Å². The van der Waals surface area contributed by atoms with Crippen molar-refractivity contribution >= 4 is 11.6 Å². The van der Waals surface area contributed by atoms with Crippen LogP contribution in [-0.2, 0) is 5.41 Å². The number of rotatable bonds is 2. The highest BCUT2D eigenvalue weighted by Gasteiger charge is 2.15. The molecule has 0 N–H and O–H groups in total. The van der Waals surface area contributed by atoms with Gasteiger partial charge in [0.15, 0.2) is 0 Å². The standard InChI is InChI=1S/C14H21Cl/c1-10(11(2)15)12-6-8-13(9-7-12)14(3,4)5/h6-11H,1-5H3. The van der Waals surface area contributed by atoms with Gasteiger partial charge in [0.05, 0.1) is 0 Å². The molecule has 15 heavy (non-hydrogen) atoms. The first kappa shape index (κ1) is 12.6. The van der Waals surface area contributed by atoms with Crippen LogP contribution in [-0.4, -0.2) is 5.38 Å². The second kappa shape index (κ2) is 4.57. The molecule has 1 heteroatoms. The molecule has 0 spiro atoms. The van der Waals surface area contributed by atoms with E-state index in [-0.39, 0.29) is 10.8 Å². The highest BCUT2D eigenvalue weighted by molar-refractivity contribution is 6.20. The molecule has 0 aliphatic rings. The fraction of sp³-hybridized carbons (Fsp3) is 0.571. The quantitative estimate of drug-likeness (QED) is 0.638. The summed E-state index contributed by atoms with van der Waals surface area (Å²) in [4.78, 5) is 0. The van der Waals surface area contributed by atoms with Gasteiger partial charge >= 0.3 is 0 Å². The van der Waals surface area contributed by atoms with Crippen molar-refractivity contribution in [2.24, 2.45) is 0 Å². The van der Waals surface area contributed by atoms with Crippen LogP contribution in [0.25, 0.3) is 0 Å². The van der Waals surface area contributed by atoms with Gasteiger partial charge in [0.2, 0.25) is 0 Å². The molecular weight excluding hydrogens is 204 g/mol. The van der Waals surface area contributed by atoms with Crippen LogP contribution in [0.15, 0.2) is 24.3 Å². The van der Waals surface area contributed by atoms with E-state index in [2.05, 4.69) is 52.0 Å². The lowest BCUT2D eigenvalue weighted by Gasteiger charge is -2.21. The van der Waals surface area contributed by atoms with Gasteiger partial charge in [-0.25, -0.2) is 0 Å². The van der Waals surface area contributed by atoms with Gasteiger partial charge < -0.3 is 0 Å². The maximum Gasteiger partial charge on any atom is 0.0373 e. The van der Waals surface area contributed by atoms with Gasteiger partial charge in [-0.2, -0.15) is 0 Å². The molecule has 0 bridgehead atoms. The number of hydrogen-bond donors (Lipinski definition) is 0. The van der Waals surface area contributed by atoms with Crippen LogP contribution in [0.2, 0.25) is 0 Å². The number of halogens is 1. The minimum atomic E-state index is 0.186. The third-order valence-electron chi connectivity index (χ3n) is 2.99. The van der Waals surface area contributed by atoms with Crippen LogP contribution in [0.4, 0.5) is 0 Å². The first-order valence-corrected chi connectivity index (χ1v) is 6.00. The Balaban J connectivity index is 2.91. The van der Waals surface area contributed by atoms with E-state index < -0.39 is 0 Å². The summed E-state index contributed by atoms with van der Waals surface area (Å²) in [6.45, 7) is 10.9. The summed E-state index contributed by atoms with van der Waals surface area (Å²) in [6.07, 6.45) is 0. The van der Waals surface area contributed by atoms with E-state index in [0.717, 1.165) is 0 Å². The Kier molecular flexibility index (Phi) is 3.83. The van der Waals surface area contributed by atoms with E-state index in [1.807, 2.05) is 6.92 Å². The first-order chi connectivity index (χ1) is 6.82. The van der Waals surface area contributed by atoms with Crippen molar-refractivity contribution < 1.29 is 0 Å². The smallest absolute Gasteiger partial charge is 0.0373 e. The van der Waals surface area contributed by atoms with Crippen LogP contribution >= 0.6 is 11.6 Å². The minimum absolute atomic E-state index is 0.186. The molecule has 1 rings (SSSR count). The maximum absolute atomic E-state index is 6.09. The molecule has 0 amide bonds. The predicted octanol–water partition coefficient (Wildman–Crippen LogP) is 4.71. The van der Waals surface area contributed by atoms with Gasteiger partial charge in [0, 0.05) is 5.38 Å². The van der Waals surface area contributed by atoms with Gasteiger partial charge in [-0.1, -0.05) is 52.0 Å². The van der Waals surface area contributed by atoms with Crippen LogP contribution in [0.1, 0.15) is 51.7 Å². The number of benzene rings is 1. The zero-order valence-corrected chi connectivity index (χ0v) is 11.1. The second-order valence-electron chi connectivity index (χ2n) is 5.34. The maximum atomic E-state index is 6.09. The molecule has 0 aliphatic carbocycles. The van der Waals surface area contributed by atoms with Crippen molar-refractivity contribution in [2.45, 2.75) is 51.3 Å². The molecule has 2 unspecified atom stereocenters. The topological polar surface area (TPSA) is 0 Å². The van der Waals surface area contributed by atoms with Crippen LogP contribution in [0.5, 0.6) is 0 Å². The number of hydrogen-bond acceptors (Lipinski definition) is 0. The lowest BCUT2D eigenvalue weighted by molar-refractivity contribution is 0.589. The van der Waals surface area contributed by atoms with E-state index in [1.54, 1.807) is 0 Å². The third-order valence-corrected chi connectivity index (χ3v) is 3.37. The fourth-order valence-corrected chi connectivity index (χ4v) is 1.70. The third kappa shape index (κ3) is 3.24. The Morgan fingerprint density at radius 1 is 1.00 bits per heavy atom. The summed E-state index contributed by atoms with van der Waals surface area (Å²) >= 11 is 6.09. The Morgan fingerprint density at radius 3 is 1.80 bits per heavy atom. The molecule has 0 fully saturated rings. The van der Waals surface area contributed by atoms with Crippen molar-refractivity contribution in [3.63, 3.8) is 0 Å². The van der Waals surface area contributed by atoms with Crippen LogP contribution in [0.3, 0.4) is 0 Å². The second-order valence-corrected chi connectivity index (χ2v) is 6.03. The zero-order valence-electron chi connectivity index (χ0n) is 10.3. The van der Waals surface area contributed by atoms with E-state index in [4.69, 9.17) is 11.6 Å². The van der Waals surface area contributed by atoms with Crippen LogP contribution in [0, 0.1) is 0 Å². The SMILES string of the molecule is CC(Cl)C(C)c1ccc(C(C)(C)C)cc1. The molecular formula is C14H21Cl. The molecule has 0 saturated heterocycles. The average molecular weight is 225 g/mol. The lowest BCUT2D eigenvalue weighted by Crippen LogP contribution is -2.11. The molecule has 2 atom stereocenters. The Labute approximate surface area is 98.7 Å². The number of alkyl halides is 1. The Hall–Kier alpha value is -0.490. The van der Waals surface area contributed by atoms with Gasteiger partial charge in [0.25, 0.3) is 0 Å². The van der Waals surface area contributed by atoms with Crippen molar-refractivity contribution in [3.8, 4) is 0 Å². The van der Waals surface area contributed by atoms with Crippen molar-refractivity contribution in [1.82, 2.24) is 0 Å². The summed E-state index contributed by atoms with van der Waals surface area (Å²) < 4.78 is 0. The van der Waals surface area contributed by atoms with E-state index >= 15 is 0 Å². The predicted molar refractivity (Wildman–Crippen MR) is 68.9 cm³/mol. The largest absolute Gasteiger partial charge is 0.123 e. The molecule has 0 nitrogen and oxygen atoms in total. The molecule has 1 aromatic rings. The molecule has 0 radical (unpaired) electrons. The van der Waals surface area contributed by atoms with Gasteiger partial charge in [0.1, 0.15) is 0 Å². The zero-order chi connectivity index (χ0) is 11.6. The van der Waals surface area contributed by atoms with Crippen LogP contribution < -0.4 is 0 Å². The highest BCUT2D eigenvalue weighted by atomic mass is 35.5. The fourth-order valence-electron chi connectivity index (χ4n) is 1.55. The summed E-state index contributed by atoms with van der Waals surface area (Å²) in [5.41, 5.74) is 2.93. The summed E-state index contributed by atoms with van der Waals surface area (Å²) in [5, 5.41) is 0.186. The van der Waals surface area contributed by atoms with E-state index in [1.165, 1.54) is 11.1 Å². The minimum Gasteiger partial charge on any atom is -0.123 e. The Bertz CT molecular complexity index is 303. The molecule has 84 valence electrons. The summed E-state index contributed by atoms with van der Waals surface area (Å²) in [5.74, 6) is 0.417. The van der Waals surface area contributed by atoms with Crippen molar-refractivity contribution in [1.29, 1.82) is 0 Å². The molecule has 0 saturated carbocycles. The van der Waals surface area contributed by atoms with Crippen molar-refractivity contribution in [3.05, 3.63) is 35.4 Å². The van der Waals surface area contributed by atoms with Gasteiger partial charge in [-0.05, 0) is 29.4 Å². The first-order valence-electron chi connectivity index (χ1n) is 5.57. The van der Waals surface area contributed by atoms with E-state index in [9.17, 15) is 0 Å². The normalized spacial score (nSPS) is 16.1. The lowest BCUT2D eigenvalue weighted by atomic mass is 9.85.